The summed E-state index contributed by atoms with van der Waals surface area (Å²) in [4.78, 5) is 2.35. The highest BCUT2D eigenvalue weighted by Gasteiger charge is 2.53. The van der Waals surface area contributed by atoms with Gasteiger partial charge in [-0.25, -0.2) is 0 Å². The van der Waals surface area contributed by atoms with Crippen molar-refractivity contribution in [2.45, 2.75) is 71.6 Å². The molecule has 2 aliphatic heterocycles. The topological polar surface area (TPSA) is 87.7 Å². The molecule has 0 N–H and O–H groups in total. The molecular formula is C51H45N3O4. The van der Waals surface area contributed by atoms with Gasteiger partial charge in [-0.05, 0) is 117 Å². The summed E-state index contributed by atoms with van der Waals surface area (Å²) in [6, 6.07) is 37.2. The number of ether oxygens (including phenoxy) is 4. The van der Waals surface area contributed by atoms with Gasteiger partial charge < -0.3 is 23.8 Å². The van der Waals surface area contributed by atoms with Crippen molar-refractivity contribution < 1.29 is 18.9 Å². The van der Waals surface area contributed by atoms with Crippen LogP contribution in [-0.2, 0) is 16.2 Å². The Balaban J connectivity index is 1.44. The van der Waals surface area contributed by atoms with Crippen LogP contribution in [0.2, 0.25) is 0 Å². The summed E-state index contributed by atoms with van der Waals surface area (Å²) in [5, 5.41) is 20.8. The Kier molecular flexibility index (Phi) is 8.05. The zero-order chi connectivity index (χ0) is 41.1. The van der Waals surface area contributed by atoms with Gasteiger partial charge in [0.2, 0.25) is 0 Å². The van der Waals surface area contributed by atoms with E-state index in [9.17, 15) is 10.5 Å². The van der Waals surface area contributed by atoms with Crippen molar-refractivity contribution in [2.75, 3.05) is 19.1 Å². The molecule has 0 saturated heterocycles. The number of nitrogens with zero attached hydrogens (tertiary/aromatic N) is 3. The van der Waals surface area contributed by atoms with Gasteiger partial charge in [-0.15, -0.1) is 0 Å². The highest BCUT2D eigenvalue weighted by molar-refractivity contribution is 5.97. The number of anilines is 3. The fourth-order valence-electron chi connectivity index (χ4n) is 9.15. The minimum Gasteiger partial charge on any atom is -0.493 e. The van der Waals surface area contributed by atoms with E-state index in [0.29, 0.717) is 45.3 Å². The molecule has 7 nitrogen and oxygen atoms in total. The van der Waals surface area contributed by atoms with E-state index in [0.717, 1.165) is 50.4 Å². The number of hydrogen-bond donors (Lipinski definition) is 0. The van der Waals surface area contributed by atoms with Crippen LogP contribution in [0, 0.1) is 36.5 Å². The van der Waals surface area contributed by atoms with Gasteiger partial charge in [0.25, 0.3) is 0 Å². The SMILES string of the molecule is COc1cc2c(cc1OC)C1(c3ccccc3-2)c2ccccc2N(c2cc(C(C)(C)C)cc(C(C)(C)C)c2)c2cc3c(cc21)Oc1c(C#N)c(C)c(C)c(C#N)c1O3. The van der Waals surface area contributed by atoms with Gasteiger partial charge in [0.05, 0.1) is 31.0 Å². The lowest BCUT2D eigenvalue weighted by molar-refractivity contribution is 0.354. The van der Waals surface area contributed by atoms with Crippen LogP contribution >= 0.6 is 0 Å². The number of hydrogen-bond acceptors (Lipinski definition) is 7. The molecule has 6 aromatic rings. The van der Waals surface area contributed by atoms with Crippen LogP contribution < -0.4 is 23.8 Å². The standard InChI is InChI=1S/C51H45N3O4/c1-28-29(2)36(27-53)48-47(35(28)26-52)57-45-24-40-42(25-46(45)58-48)54(32-20-30(49(3,4)5)19-31(21-32)50(6,7)8)41-18-14-13-17-38(41)51(40)37-16-12-11-15-33(37)34-22-43(55-9)44(56-10)23-39(34)51/h11-25H,1-10H3. The molecule has 288 valence electrons. The second-order valence-corrected chi connectivity index (χ2v) is 17.6. The summed E-state index contributed by atoms with van der Waals surface area (Å²) in [7, 11) is 3.34. The lowest BCUT2D eigenvalue weighted by Crippen LogP contribution is -2.36. The van der Waals surface area contributed by atoms with Gasteiger partial charge in [0.15, 0.2) is 34.5 Å². The Bertz CT molecular complexity index is 2810. The molecule has 1 atom stereocenters. The lowest BCUT2D eigenvalue weighted by Gasteiger charge is -2.46. The Labute approximate surface area is 340 Å². The second-order valence-electron chi connectivity index (χ2n) is 17.6. The van der Waals surface area contributed by atoms with Crippen molar-refractivity contribution in [3.8, 4) is 57.8 Å². The third kappa shape index (κ3) is 5.02. The van der Waals surface area contributed by atoms with Crippen LogP contribution in [0.3, 0.4) is 0 Å². The van der Waals surface area contributed by atoms with Crippen LogP contribution in [0.25, 0.3) is 11.1 Å². The first-order valence-electron chi connectivity index (χ1n) is 19.6. The first-order chi connectivity index (χ1) is 27.7. The van der Waals surface area contributed by atoms with Gasteiger partial charge in [0, 0.05) is 11.8 Å². The summed E-state index contributed by atoms with van der Waals surface area (Å²) < 4.78 is 25.5. The van der Waals surface area contributed by atoms with Crippen LogP contribution in [0.4, 0.5) is 17.1 Å². The maximum atomic E-state index is 10.4. The van der Waals surface area contributed by atoms with E-state index in [1.54, 1.807) is 14.2 Å². The fraction of sp³-hybridized carbons (Fsp3) is 0.255. The fourth-order valence-corrected chi connectivity index (χ4v) is 9.15. The van der Waals surface area contributed by atoms with Crippen molar-refractivity contribution in [1.82, 2.24) is 0 Å². The monoisotopic (exact) mass is 763 g/mol. The number of nitriles is 2. The highest BCUT2D eigenvalue weighted by atomic mass is 16.6. The Hall–Kier alpha value is -6.70. The number of para-hydroxylation sites is 1. The molecule has 0 bridgehead atoms. The largest absolute Gasteiger partial charge is 0.493 e. The van der Waals surface area contributed by atoms with E-state index < -0.39 is 5.41 Å². The van der Waals surface area contributed by atoms with Gasteiger partial charge in [0.1, 0.15) is 23.3 Å². The molecule has 3 aliphatic rings. The van der Waals surface area contributed by atoms with E-state index in [1.807, 2.05) is 13.8 Å². The van der Waals surface area contributed by atoms with Gasteiger partial charge in [-0.2, -0.15) is 10.5 Å². The second kappa shape index (κ2) is 12.7. The lowest BCUT2D eigenvalue weighted by atomic mass is 9.64. The molecular weight excluding hydrogens is 719 g/mol. The average Bonchev–Trinajstić information content (AvgIpc) is 3.48. The molecule has 0 amide bonds. The van der Waals surface area contributed by atoms with E-state index in [4.69, 9.17) is 18.9 Å². The van der Waals surface area contributed by atoms with Crippen molar-refractivity contribution in [3.05, 3.63) is 147 Å². The molecule has 9 rings (SSSR count). The number of benzene rings is 6. The van der Waals surface area contributed by atoms with E-state index >= 15 is 0 Å². The molecule has 1 spiro atoms. The summed E-state index contributed by atoms with van der Waals surface area (Å²) in [5.74, 6) is 2.69. The molecule has 2 heterocycles. The molecule has 1 unspecified atom stereocenters. The van der Waals surface area contributed by atoms with E-state index in [1.165, 1.54) is 11.1 Å². The van der Waals surface area contributed by atoms with Crippen molar-refractivity contribution in [2.24, 2.45) is 0 Å². The Morgan fingerprint density at radius 1 is 0.569 bits per heavy atom. The Morgan fingerprint density at radius 3 is 1.67 bits per heavy atom. The molecule has 0 fully saturated rings. The minimum absolute atomic E-state index is 0.132. The van der Waals surface area contributed by atoms with Crippen LogP contribution in [-0.4, -0.2) is 14.2 Å². The van der Waals surface area contributed by atoms with Crippen LogP contribution in [0.5, 0.6) is 34.5 Å². The Morgan fingerprint density at radius 2 is 1.10 bits per heavy atom. The summed E-state index contributed by atoms with van der Waals surface area (Å²) in [6.45, 7) is 17.2. The molecule has 7 heteroatoms. The van der Waals surface area contributed by atoms with Gasteiger partial charge in [-0.1, -0.05) is 90.1 Å². The number of rotatable bonds is 3. The van der Waals surface area contributed by atoms with Crippen LogP contribution in [0.15, 0.2) is 91.0 Å². The van der Waals surface area contributed by atoms with Crippen LogP contribution in [0.1, 0.15) is 97.2 Å². The molecule has 1 aliphatic carbocycles. The zero-order valence-corrected chi connectivity index (χ0v) is 34.6. The summed E-state index contributed by atoms with van der Waals surface area (Å²) in [6.07, 6.45) is 0. The van der Waals surface area contributed by atoms with Gasteiger partial charge >= 0.3 is 0 Å². The van der Waals surface area contributed by atoms with Crippen molar-refractivity contribution in [1.29, 1.82) is 10.5 Å². The normalized spacial score (nSPS) is 15.7. The minimum atomic E-state index is -0.847. The third-order valence-electron chi connectivity index (χ3n) is 12.3. The maximum Gasteiger partial charge on any atom is 0.189 e. The number of methoxy groups -OCH3 is 2. The number of fused-ring (bicyclic) bond motifs is 11. The molecule has 0 aromatic heterocycles. The quantitative estimate of drug-likeness (QED) is 0.177. The highest BCUT2D eigenvalue weighted by Crippen LogP contribution is 2.66. The maximum absolute atomic E-state index is 10.4. The molecule has 0 radical (unpaired) electrons. The first-order valence-corrected chi connectivity index (χ1v) is 19.6. The summed E-state index contributed by atoms with van der Waals surface area (Å²) in [5.41, 5.74) is 12.7. The molecule has 6 aromatic carbocycles. The van der Waals surface area contributed by atoms with Gasteiger partial charge in [-0.3, -0.25) is 0 Å². The zero-order valence-electron chi connectivity index (χ0n) is 34.6. The first kappa shape index (κ1) is 36.9. The van der Waals surface area contributed by atoms with Crippen molar-refractivity contribution >= 4 is 17.1 Å². The molecule has 0 saturated carbocycles. The average molecular weight is 764 g/mol. The smallest absolute Gasteiger partial charge is 0.189 e. The molecule has 58 heavy (non-hydrogen) atoms. The van der Waals surface area contributed by atoms with Crippen molar-refractivity contribution in [3.63, 3.8) is 0 Å². The third-order valence-corrected chi connectivity index (χ3v) is 12.3. The summed E-state index contributed by atoms with van der Waals surface area (Å²) >= 11 is 0. The van der Waals surface area contributed by atoms with E-state index in [-0.39, 0.29) is 22.3 Å². The predicted molar refractivity (Wildman–Crippen MR) is 228 cm³/mol. The predicted octanol–water partition coefficient (Wildman–Crippen LogP) is 12.7. The van der Waals surface area contributed by atoms with E-state index in [2.05, 4.69) is 150 Å².